The molecule has 0 atom stereocenters. The van der Waals surface area contributed by atoms with Crippen LogP contribution in [0.4, 0.5) is 0 Å². The molecule has 0 saturated heterocycles. The van der Waals surface area contributed by atoms with Crippen molar-refractivity contribution in [2.45, 2.75) is 19.9 Å². The second-order valence-corrected chi connectivity index (χ2v) is 6.27. The topological polar surface area (TPSA) is 67.8 Å². The average molecular weight is 353 g/mol. The van der Waals surface area contributed by atoms with Gasteiger partial charge in [-0.1, -0.05) is 54.1 Å². The highest BCUT2D eigenvalue weighted by atomic mass is 35.5. The molecule has 1 aromatic heterocycles. The number of benzene rings is 2. The third-order valence-corrected chi connectivity index (χ3v) is 3.72. The van der Waals surface area contributed by atoms with Crippen molar-refractivity contribution in [1.82, 2.24) is 20.5 Å². The summed E-state index contributed by atoms with van der Waals surface area (Å²) in [6.07, 6.45) is 0. The van der Waals surface area contributed by atoms with Gasteiger partial charge in [0.2, 0.25) is 0 Å². The number of carbonyl (C=O) groups is 1. The summed E-state index contributed by atoms with van der Waals surface area (Å²) in [4.78, 5) is 17.1. The van der Waals surface area contributed by atoms with Gasteiger partial charge in [0, 0.05) is 22.2 Å². The Bertz CT molecular complexity index is 880. The Kier molecular flexibility index (Phi) is 5.05. The molecular formula is C19H17ClN4O. The smallest absolute Gasteiger partial charge is 0.272 e. The van der Waals surface area contributed by atoms with Crippen molar-refractivity contribution in [2.24, 2.45) is 0 Å². The number of rotatable bonds is 4. The van der Waals surface area contributed by atoms with E-state index in [0.29, 0.717) is 16.5 Å². The van der Waals surface area contributed by atoms with E-state index in [4.69, 9.17) is 11.6 Å². The Morgan fingerprint density at radius 3 is 2.28 bits per heavy atom. The molecule has 0 bridgehead atoms. The molecule has 1 heterocycles. The number of carbonyl (C=O) groups excluding carboxylic acids is 1. The van der Waals surface area contributed by atoms with Crippen LogP contribution in [0.5, 0.6) is 0 Å². The van der Waals surface area contributed by atoms with E-state index >= 15 is 0 Å². The van der Waals surface area contributed by atoms with Crippen LogP contribution in [0.1, 0.15) is 24.3 Å². The number of hydrogen-bond donors (Lipinski definition) is 1. The zero-order chi connectivity index (χ0) is 17.8. The molecule has 0 spiro atoms. The first-order chi connectivity index (χ1) is 12.0. The van der Waals surface area contributed by atoms with Crippen LogP contribution >= 0.6 is 11.6 Å². The molecule has 0 aliphatic heterocycles. The van der Waals surface area contributed by atoms with Crippen LogP contribution in [-0.2, 0) is 0 Å². The Morgan fingerprint density at radius 2 is 1.64 bits per heavy atom. The molecular weight excluding hydrogens is 336 g/mol. The van der Waals surface area contributed by atoms with E-state index in [-0.39, 0.29) is 17.6 Å². The SMILES string of the molecule is CC(C)NC(=O)c1nc(-c2ccccc2)nnc1-c1ccc(Cl)cc1. The summed E-state index contributed by atoms with van der Waals surface area (Å²) < 4.78 is 0. The first-order valence-corrected chi connectivity index (χ1v) is 8.29. The van der Waals surface area contributed by atoms with Crippen LogP contribution < -0.4 is 5.32 Å². The van der Waals surface area contributed by atoms with Gasteiger partial charge >= 0.3 is 0 Å². The number of nitrogens with zero attached hydrogens (tertiary/aromatic N) is 3. The first-order valence-electron chi connectivity index (χ1n) is 7.91. The minimum Gasteiger partial charge on any atom is -0.348 e. The average Bonchev–Trinajstić information content (AvgIpc) is 2.62. The minimum absolute atomic E-state index is 0.0132. The third-order valence-electron chi connectivity index (χ3n) is 3.47. The van der Waals surface area contributed by atoms with Gasteiger partial charge in [0.15, 0.2) is 11.5 Å². The Labute approximate surface area is 151 Å². The van der Waals surface area contributed by atoms with Gasteiger partial charge in [-0.05, 0) is 26.0 Å². The van der Waals surface area contributed by atoms with Gasteiger partial charge in [0.1, 0.15) is 5.69 Å². The zero-order valence-electron chi connectivity index (χ0n) is 13.9. The fraction of sp³-hybridized carbons (Fsp3) is 0.158. The van der Waals surface area contributed by atoms with Crippen molar-refractivity contribution in [3.63, 3.8) is 0 Å². The van der Waals surface area contributed by atoms with Gasteiger partial charge in [-0.15, -0.1) is 10.2 Å². The highest BCUT2D eigenvalue weighted by Gasteiger charge is 2.19. The lowest BCUT2D eigenvalue weighted by Crippen LogP contribution is -2.31. The van der Waals surface area contributed by atoms with E-state index < -0.39 is 0 Å². The highest BCUT2D eigenvalue weighted by Crippen LogP contribution is 2.24. The van der Waals surface area contributed by atoms with Crippen LogP contribution in [0.2, 0.25) is 5.02 Å². The second kappa shape index (κ2) is 7.40. The molecule has 0 saturated carbocycles. The van der Waals surface area contributed by atoms with Gasteiger partial charge < -0.3 is 5.32 Å². The molecule has 5 nitrogen and oxygen atoms in total. The van der Waals surface area contributed by atoms with Crippen molar-refractivity contribution in [3.05, 3.63) is 65.3 Å². The molecule has 126 valence electrons. The van der Waals surface area contributed by atoms with Crippen LogP contribution in [0, 0.1) is 0 Å². The molecule has 0 aliphatic carbocycles. The molecule has 2 aromatic carbocycles. The second-order valence-electron chi connectivity index (χ2n) is 5.83. The van der Waals surface area contributed by atoms with Gasteiger partial charge in [-0.25, -0.2) is 4.98 Å². The van der Waals surface area contributed by atoms with Crippen LogP contribution in [0.3, 0.4) is 0 Å². The van der Waals surface area contributed by atoms with Gasteiger partial charge in [0.05, 0.1) is 0 Å². The number of halogens is 1. The molecule has 0 fully saturated rings. The zero-order valence-corrected chi connectivity index (χ0v) is 14.7. The number of nitrogens with one attached hydrogen (secondary N) is 1. The summed E-state index contributed by atoms with van der Waals surface area (Å²) in [5, 5.41) is 11.9. The number of amides is 1. The van der Waals surface area contributed by atoms with Gasteiger partial charge in [-0.3, -0.25) is 4.79 Å². The molecule has 1 N–H and O–H groups in total. The minimum atomic E-state index is -0.285. The third kappa shape index (κ3) is 4.00. The molecule has 3 aromatic rings. The molecule has 0 aliphatic rings. The largest absolute Gasteiger partial charge is 0.348 e. The summed E-state index contributed by atoms with van der Waals surface area (Å²) in [5.41, 5.74) is 2.20. The molecule has 0 unspecified atom stereocenters. The predicted molar refractivity (Wildman–Crippen MR) is 98.3 cm³/mol. The molecule has 25 heavy (non-hydrogen) atoms. The lowest BCUT2D eigenvalue weighted by atomic mass is 10.1. The van der Waals surface area contributed by atoms with E-state index in [2.05, 4.69) is 20.5 Å². The summed E-state index contributed by atoms with van der Waals surface area (Å²) >= 11 is 5.94. The van der Waals surface area contributed by atoms with Crippen molar-refractivity contribution >= 4 is 17.5 Å². The quantitative estimate of drug-likeness (QED) is 0.770. The Morgan fingerprint density at radius 1 is 0.960 bits per heavy atom. The summed E-state index contributed by atoms with van der Waals surface area (Å²) in [6, 6.07) is 16.5. The molecule has 1 amide bonds. The number of hydrogen-bond acceptors (Lipinski definition) is 4. The van der Waals surface area contributed by atoms with E-state index in [0.717, 1.165) is 11.1 Å². The van der Waals surface area contributed by atoms with Gasteiger partial charge in [0.25, 0.3) is 5.91 Å². The van der Waals surface area contributed by atoms with Crippen molar-refractivity contribution in [3.8, 4) is 22.6 Å². The standard InChI is InChI=1S/C19H17ClN4O/c1-12(2)21-19(25)17-16(13-8-10-15(20)11-9-13)23-24-18(22-17)14-6-4-3-5-7-14/h3-12H,1-2H3,(H,21,25). The monoisotopic (exact) mass is 352 g/mol. The highest BCUT2D eigenvalue weighted by molar-refractivity contribution is 6.30. The first kappa shape index (κ1) is 17.0. The lowest BCUT2D eigenvalue weighted by molar-refractivity contribution is 0.0938. The molecule has 0 radical (unpaired) electrons. The fourth-order valence-electron chi connectivity index (χ4n) is 2.33. The number of aromatic nitrogens is 3. The van der Waals surface area contributed by atoms with Crippen molar-refractivity contribution < 1.29 is 4.79 Å². The predicted octanol–water partition coefficient (Wildman–Crippen LogP) is 4.00. The molecule has 6 heteroatoms. The summed E-state index contributed by atoms with van der Waals surface area (Å²) in [5.74, 6) is 0.124. The maximum absolute atomic E-state index is 12.6. The van der Waals surface area contributed by atoms with Crippen LogP contribution in [-0.4, -0.2) is 27.1 Å². The van der Waals surface area contributed by atoms with E-state index in [1.165, 1.54) is 0 Å². The maximum Gasteiger partial charge on any atom is 0.272 e. The fourth-order valence-corrected chi connectivity index (χ4v) is 2.45. The van der Waals surface area contributed by atoms with E-state index in [1.807, 2.05) is 44.2 Å². The van der Waals surface area contributed by atoms with Crippen LogP contribution in [0.25, 0.3) is 22.6 Å². The van der Waals surface area contributed by atoms with E-state index in [1.54, 1.807) is 24.3 Å². The normalized spacial score (nSPS) is 10.7. The van der Waals surface area contributed by atoms with Crippen molar-refractivity contribution in [2.75, 3.05) is 0 Å². The lowest BCUT2D eigenvalue weighted by Gasteiger charge is -2.12. The van der Waals surface area contributed by atoms with Gasteiger partial charge in [-0.2, -0.15) is 0 Å². The Hall–Kier alpha value is -2.79. The maximum atomic E-state index is 12.6. The van der Waals surface area contributed by atoms with Crippen molar-refractivity contribution in [1.29, 1.82) is 0 Å². The molecule has 3 rings (SSSR count). The Balaban J connectivity index is 2.11. The summed E-state index contributed by atoms with van der Waals surface area (Å²) in [6.45, 7) is 3.79. The van der Waals surface area contributed by atoms with Crippen LogP contribution in [0.15, 0.2) is 54.6 Å². The van der Waals surface area contributed by atoms with E-state index in [9.17, 15) is 4.79 Å². The summed E-state index contributed by atoms with van der Waals surface area (Å²) in [7, 11) is 0.